The van der Waals surface area contributed by atoms with E-state index in [4.69, 9.17) is 5.84 Å². The van der Waals surface area contributed by atoms with E-state index in [-0.39, 0.29) is 0 Å². The number of hydrogen-bond donors (Lipinski definition) is 2. The molecule has 8 heavy (non-hydrogen) atoms. The van der Waals surface area contributed by atoms with Crippen LogP contribution in [0.1, 0.15) is 0 Å². The zero-order chi connectivity index (χ0) is 5.82. The van der Waals surface area contributed by atoms with Crippen LogP contribution in [0.2, 0.25) is 0 Å². The lowest BCUT2D eigenvalue weighted by atomic mass is 10.4. The molecule has 0 aromatic carbocycles. The van der Waals surface area contributed by atoms with Crippen molar-refractivity contribution in [2.24, 2.45) is 10.9 Å². The van der Waals surface area contributed by atoms with Gasteiger partial charge in [0.05, 0.1) is 6.54 Å². The lowest BCUT2D eigenvalue weighted by molar-refractivity contribution is 0.660. The van der Waals surface area contributed by atoms with E-state index in [1.807, 2.05) is 0 Å². The Bertz CT molecular complexity index is 90.2. The third kappa shape index (κ3) is 1.10. The Kier molecular flexibility index (Phi) is 1.69. The van der Waals surface area contributed by atoms with Gasteiger partial charge in [0.2, 0.25) is 0 Å². The molecule has 0 saturated carbocycles. The average molecular weight is 113 g/mol. The summed E-state index contributed by atoms with van der Waals surface area (Å²) >= 11 is 0. The van der Waals surface area contributed by atoms with Crippen LogP contribution in [0.25, 0.3) is 0 Å². The van der Waals surface area contributed by atoms with Gasteiger partial charge in [-0.25, -0.2) is 5.32 Å². The van der Waals surface area contributed by atoms with Crippen molar-refractivity contribution in [3.05, 3.63) is 0 Å². The van der Waals surface area contributed by atoms with Gasteiger partial charge in [0.15, 0.2) is 0 Å². The molecule has 1 saturated heterocycles. The van der Waals surface area contributed by atoms with Crippen molar-refractivity contribution >= 4 is 5.84 Å². The largest absolute Gasteiger partial charge is 0.370 e. The van der Waals surface area contributed by atoms with Crippen LogP contribution in [-0.4, -0.2) is 25.5 Å². The lowest BCUT2D eigenvalue weighted by Gasteiger charge is -2.13. The number of amidine groups is 1. The van der Waals surface area contributed by atoms with Gasteiger partial charge in [0, 0.05) is 13.1 Å². The highest BCUT2D eigenvalue weighted by Gasteiger charge is 2.02. The Balaban J connectivity index is 2.33. The average Bonchev–Trinajstić information content (AvgIpc) is 1.90. The number of rotatable bonds is 0. The molecule has 1 heterocycles. The molecule has 1 rings (SSSR count). The molecule has 1 aliphatic heterocycles. The van der Waals surface area contributed by atoms with Crippen LogP contribution < -0.4 is 16.5 Å². The molecule has 3 N–H and O–H groups in total. The maximum atomic E-state index is 4.97. The van der Waals surface area contributed by atoms with Crippen LogP contribution in [-0.2, 0) is 0 Å². The fraction of sp³-hybridized carbons (Fsp3) is 0.750. The summed E-state index contributed by atoms with van der Waals surface area (Å²) in [6, 6.07) is 0. The summed E-state index contributed by atoms with van der Waals surface area (Å²) in [7, 11) is 0. The van der Waals surface area contributed by atoms with Crippen LogP contribution in [0, 0.1) is 0 Å². The molecule has 0 aliphatic carbocycles. The standard InChI is InChI=1S/C4H9N4/c5-8-4-3-6-1-2-7-4/h1-3,5H2,(H,7,8). The van der Waals surface area contributed by atoms with Crippen LogP contribution in [0.5, 0.6) is 0 Å². The van der Waals surface area contributed by atoms with Gasteiger partial charge in [-0.3, -0.25) is 0 Å². The number of hydrazone groups is 1. The highest BCUT2D eigenvalue weighted by Crippen LogP contribution is 1.75. The predicted octanol–water partition coefficient (Wildman–Crippen LogP) is -1.53. The zero-order valence-electron chi connectivity index (χ0n) is 4.59. The fourth-order valence-corrected chi connectivity index (χ4v) is 0.607. The maximum Gasteiger partial charge on any atom is 0.137 e. The molecule has 0 unspecified atom stereocenters. The first-order chi connectivity index (χ1) is 3.93. The van der Waals surface area contributed by atoms with Gasteiger partial charge in [-0.1, -0.05) is 0 Å². The molecule has 45 valence electrons. The van der Waals surface area contributed by atoms with Crippen molar-refractivity contribution in [2.75, 3.05) is 19.6 Å². The zero-order valence-corrected chi connectivity index (χ0v) is 4.59. The van der Waals surface area contributed by atoms with Crippen molar-refractivity contribution in [3.8, 4) is 0 Å². The quantitative estimate of drug-likeness (QED) is 0.295. The first kappa shape index (κ1) is 5.37. The minimum Gasteiger partial charge on any atom is -0.370 e. The smallest absolute Gasteiger partial charge is 0.137 e. The Morgan fingerprint density at radius 1 is 1.75 bits per heavy atom. The highest BCUT2D eigenvalue weighted by molar-refractivity contribution is 5.84. The Hall–Kier alpha value is -0.770. The number of hydrogen-bond acceptors (Lipinski definition) is 2. The second-order valence-corrected chi connectivity index (χ2v) is 1.61. The van der Waals surface area contributed by atoms with Crippen LogP contribution >= 0.6 is 0 Å². The van der Waals surface area contributed by atoms with Gasteiger partial charge in [0.25, 0.3) is 0 Å². The number of nitrogens with two attached hydrogens (primary N) is 1. The normalized spacial score (nSPS) is 25.2. The van der Waals surface area contributed by atoms with Crippen molar-refractivity contribution in [3.63, 3.8) is 0 Å². The van der Waals surface area contributed by atoms with Gasteiger partial charge in [-0.15, -0.1) is 0 Å². The minimum atomic E-state index is 0.649. The molecule has 0 aromatic heterocycles. The second kappa shape index (κ2) is 2.52. The number of piperazine rings is 1. The van der Waals surface area contributed by atoms with E-state index >= 15 is 0 Å². The fourth-order valence-electron chi connectivity index (χ4n) is 0.607. The molecule has 0 atom stereocenters. The van der Waals surface area contributed by atoms with Gasteiger partial charge in [-0.2, -0.15) is 5.10 Å². The second-order valence-electron chi connectivity index (χ2n) is 1.61. The van der Waals surface area contributed by atoms with Gasteiger partial charge in [0.1, 0.15) is 5.84 Å². The minimum absolute atomic E-state index is 0.649. The van der Waals surface area contributed by atoms with Crippen LogP contribution in [0.15, 0.2) is 5.10 Å². The van der Waals surface area contributed by atoms with Crippen molar-refractivity contribution < 1.29 is 0 Å². The summed E-state index contributed by atoms with van der Waals surface area (Å²) in [5, 5.41) is 10.5. The number of nitrogens with one attached hydrogen (secondary N) is 1. The first-order valence-electron chi connectivity index (χ1n) is 2.57. The van der Waals surface area contributed by atoms with Crippen molar-refractivity contribution in [1.82, 2.24) is 10.6 Å². The molecule has 1 aliphatic rings. The third-order valence-electron chi connectivity index (χ3n) is 1.02. The van der Waals surface area contributed by atoms with E-state index in [1.165, 1.54) is 0 Å². The molecular weight excluding hydrogens is 104 g/mol. The van der Waals surface area contributed by atoms with E-state index in [0.717, 1.165) is 18.9 Å². The molecule has 0 spiro atoms. The molecule has 1 radical (unpaired) electrons. The van der Waals surface area contributed by atoms with Gasteiger partial charge >= 0.3 is 0 Å². The van der Waals surface area contributed by atoms with E-state index in [9.17, 15) is 0 Å². The van der Waals surface area contributed by atoms with Crippen LogP contribution in [0.4, 0.5) is 0 Å². The van der Waals surface area contributed by atoms with E-state index in [2.05, 4.69) is 15.7 Å². The first-order valence-corrected chi connectivity index (χ1v) is 2.57. The lowest BCUT2D eigenvalue weighted by Crippen LogP contribution is -2.41. The van der Waals surface area contributed by atoms with E-state index in [0.29, 0.717) is 6.54 Å². The monoisotopic (exact) mass is 113 g/mol. The van der Waals surface area contributed by atoms with Crippen molar-refractivity contribution in [1.29, 1.82) is 0 Å². The summed E-state index contributed by atoms with van der Waals surface area (Å²) in [5.41, 5.74) is 0. The maximum absolute atomic E-state index is 4.97. The summed E-state index contributed by atoms with van der Waals surface area (Å²) in [6.07, 6.45) is 0. The van der Waals surface area contributed by atoms with E-state index < -0.39 is 0 Å². The summed E-state index contributed by atoms with van der Waals surface area (Å²) in [4.78, 5) is 0. The molecule has 0 amide bonds. The van der Waals surface area contributed by atoms with Gasteiger partial charge < -0.3 is 11.2 Å². The summed E-state index contributed by atoms with van der Waals surface area (Å²) in [5.74, 6) is 5.76. The molecular formula is C4H9N4. The Morgan fingerprint density at radius 3 is 3.00 bits per heavy atom. The highest BCUT2D eigenvalue weighted by atomic mass is 15.2. The SMILES string of the molecule is NN=C1C[N]CCN1. The molecule has 1 fully saturated rings. The summed E-state index contributed by atoms with van der Waals surface area (Å²) in [6.45, 7) is 2.39. The molecule has 4 nitrogen and oxygen atoms in total. The summed E-state index contributed by atoms with van der Waals surface area (Å²) < 4.78 is 0. The predicted molar refractivity (Wildman–Crippen MR) is 31.5 cm³/mol. The molecule has 0 aromatic rings. The molecule has 0 bridgehead atoms. The number of nitrogens with zero attached hydrogens (tertiary/aromatic N) is 2. The topological polar surface area (TPSA) is 64.5 Å². The van der Waals surface area contributed by atoms with Crippen molar-refractivity contribution in [2.45, 2.75) is 0 Å². The van der Waals surface area contributed by atoms with Gasteiger partial charge in [-0.05, 0) is 0 Å². The molecule has 4 heteroatoms. The Morgan fingerprint density at radius 2 is 2.62 bits per heavy atom. The third-order valence-corrected chi connectivity index (χ3v) is 1.02. The van der Waals surface area contributed by atoms with Crippen LogP contribution in [0.3, 0.4) is 0 Å². The Labute approximate surface area is 48.1 Å². The van der Waals surface area contributed by atoms with E-state index in [1.54, 1.807) is 0 Å².